The molecule has 0 bridgehead atoms. The standard InChI is InChI=1S/C42H32N4/c1-42(2)35-21-13-12-20-31(35)32-26-38-34(25-36(32)42)33-24-30(27-14-6-3-7-15-27)22-23-37(33)46(38)41-44-39(28-16-8-4-9-17-28)43-40(45-41)29-18-10-5-11-19-29/h3-6,8-14,16-26H,7,15H2,1-2H3. The van der Waals surface area contributed by atoms with E-state index in [0.717, 1.165) is 35.0 Å². The zero-order valence-electron chi connectivity index (χ0n) is 25.9. The van der Waals surface area contributed by atoms with E-state index < -0.39 is 0 Å². The number of benzene rings is 5. The maximum absolute atomic E-state index is 5.17. The summed E-state index contributed by atoms with van der Waals surface area (Å²) in [4.78, 5) is 15.3. The number of fused-ring (bicyclic) bond motifs is 6. The van der Waals surface area contributed by atoms with E-state index in [4.69, 9.17) is 15.0 Å². The Bertz CT molecular complexity index is 2320. The van der Waals surface area contributed by atoms with Crippen molar-refractivity contribution in [3.63, 3.8) is 0 Å². The second kappa shape index (κ2) is 10.2. The maximum atomic E-state index is 5.17. The molecule has 0 amide bonds. The molecule has 2 aromatic heterocycles. The van der Waals surface area contributed by atoms with Crippen LogP contribution in [-0.2, 0) is 5.41 Å². The van der Waals surface area contributed by atoms with Gasteiger partial charge >= 0.3 is 0 Å². The van der Waals surface area contributed by atoms with E-state index in [2.05, 4.69) is 116 Å². The lowest BCUT2D eigenvalue weighted by molar-refractivity contribution is 0.661. The molecule has 220 valence electrons. The molecule has 0 unspecified atom stereocenters. The maximum Gasteiger partial charge on any atom is 0.238 e. The summed E-state index contributed by atoms with van der Waals surface area (Å²) in [6.45, 7) is 4.69. The zero-order valence-corrected chi connectivity index (χ0v) is 25.9. The van der Waals surface area contributed by atoms with Gasteiger partial charge in [0.25, 0.3) is 0 Å². The fourth-order valence-electron chi connectivity index (χ4n) is 7.37. The molecule has 2 aliphatic rings. The normalized spacial score (nSPS) is 14.8. The third kappa shape index (κ3) is 4.10. The van der Waals surface area contributed by atoms with Crippen molar-refractivity contribution in [2.75, 3.05) is 0 Å². The predicted molar refractivity (Wildman–Crippen MR) is 189 cm³/mol. The minimum Gasteiger partial charge on any atom is -0.278 e. The number of hydrogen-bond acceptors (Lipinski definition) is 3. The van der Waals surface area contributed by atoms with Crippen molar-refractivity contribution in [3.8, 4) is 39.9 Å². The molecule has 0 saturated carbocycles. The van der Waals surface area contributed by atoms with Gasteiger partial charge in [-0.1, -0.05) is 123 Å². The van der Waals surface area contributed by atoms with E-state index in [0.29, 0.717) is 17.6 Å². The molecular weight excluding hydrogens is 560 g/mol. The molecule has 0 fully saturated rings. The van der Waals surface area contributed by atoms with Crippen molar-refractivity contribution < 1.29 is 0 Å². The van der Waals surface area contributed by atoms with Crippen LogP contribution in [0.15, 0.2) is 133 Å². The van der Waals surface area contributed by atoms with Gasteiger partial charge in [-0.05, 0) is 70.5 Å². The first kappa shape index (κ1) is 26.8. The SMILES string of the molecule is CC1(C)c2ccccc2-c2cc3c(cc21)c1cc(C2=CC=CCC2)ccc1n3-c1nc(-c2ccccc2)nc(-c2ccccc2)n1. The first-order valence-electron chi connectivity index (χ1n) is 16.0. The molecule has 2 heterocycles. The van der Waals surface area contributed by atoms with Crippen LogP contribution in [0.2, 0.25) is 0 Å². The highest BCUT2D eigenvalue weighted by molar-refractivity contribution is 6.12. The van der Waals surface area contributed by atoms with Crippen molar-refractivity contribution in [3.05, 3.63) is 150 Å². The largest absolute Gasteiger partial charge is 0.278 e. The summed E-state index contributed by atoms with van der Waals surface area (Å²) in [5.41, 5.74) is 11.9. The Morgan fingerprint density at radius 3 is 1.96 bits per heavy atom. The van der Waals surface area contributed by atoms with E-state index in [9.17, 15) is 0 Å². The number of allylic oxidation sites excluding steroid dienone is 4. The quantitative estimate of drug-likeness (QED) is 0.204. The van der Waals surface area contributed by atoms with Gasteiger partial charge < -0.3 is 0 Å². The number of aromatic nitrogens is 4. The molecule has 4 heteroatoms. The molecule has 0 atom stereocenters. The Hall–Kier alpha value is -5.61. The van der Waals surface area contributed by atoms with Crippen LogP contribution >= 0.6 is 0 Å². The minimum absolute atomic E-state index is 0.100. The van der Waals surface area contributed by atoms with Gasteiger partial charge in [0, 0.05) is 27.3 Å². The summed E-state index contributed by atoms with van der Waals surface area (Å²) in [5.74, 6) is 1.93. The van der Waals surface area contributed by atoms with Gasteiger partial charge in [0.1, 0.15) is 0 Å². The monoisotopic (exact) mass is 592 g/mol. The second-order valence-electron chi connectivity index (χ2n) is 12.8. The van der Waals surface area contributed by atoms with Crippen molar-refractivity contribution in [1.82, 2.24) is 19.5 Å². The highest BCUT2D eigenvalue weighted by atomic mass is 15.2. The Morgan fingerprint density at radius 2 is 1.26 bits per heavy atom. The molecule has 46 heavy (non-hydrogen) atoms. The molecule has 0 aliphatic heterocycles. The highest BCUT2D eigenvalue weighted by Gasteiger charge is 2.36. The molecule has 2 aliphatic carbocycles. The Labute approximate surface area is 268 Å². The van der Waals surface area contributed by atoms with Crippen LogP contribution < -0.4 is 0 Å². The fourth-order valence-corrected chi connectivity index (χ4v) is 7.37. The van der Waals surface area contributed by atoms with Crippen molar-refractivity contribution in [2.45, 2.75) is 32.1 Å². The van der Waals surface area contributed by atoms with E-state index in [1.165, 1.54) is 44.2 Å². The van der Waals surface area contributed by atoms with Crippen LogP contribution in [0.25, 0.3) is 67.2 Å². The van der Waals surface area contributed by atoms with E-state index in [1.54, 1.807) is 0 Å². The summed E-state index contributed by atoms with van der Waals surface area (Å²) < 4.78 is 2.25. The van der Waals surface area contributed by atoms with Crippen LogP contribution in [0.1, 0.15) is 43.4 Å². The third-order valence-electron chi connectivity index (χ3n) is 9.74. The van der Waals surface area contributed by atoms with Gasteiger partial charge in [-0.25, -0.2) is 4.98 Å². The zero-order chi connectivity index (χ0) is 30.8. The molecule has 0 spiro atoms. The molecule has 5 aromatic carbocycles. The lowest BCUT2D eigenvalue weighted by atomic mass is 9.82. The van der Waals surface area contributed by atoms with Gasteiger partial charge in [0.2, 0.25) is 5.95 Å². The summed E-state index contributed by atoms with van der Waals surface area (Å²) in [6, 6.07) is 40.9. The molecule has 4 nitrogen and oxygen atoms in total. The number of nitrogens with zero attached hydrogens (tertiary/aromatic N) is 4. The summed E-state index contributed by atoms with van der Waals surface area (Å²) in [6.07, 6.45) is 8.80. The Morgan fingerprint density at radius 1 is 0.587 bits per heavy atom. The topological polar surface area (TPSA) is 43.6 Å². The van der Waals surface area contributed by atoms with E-state index in [1.807, 2.05) is 36.4 Å². The summed E-state index contributed by atoms with van der Waals surface area (Å²) in [7, 11) is 0. The minimum atomic E-state index is -0.100. The molecule has 9 rings (SSSR count). The van der Waals surface area contributed by atoms with Crippen LogP contribution in [0, 0.1) is 0 Å². The highest BCUT2D eigenvalue weighted by Crippen LogP contribution is 2.51. The van der Waals surface area contributed by atoms with E-state index >= 15 is 0 Å². The second-order valence-corrected chi connectivity index (χ2v) is 12.8. The van der Waals surface area contributed by atoms with E-state index in [-0.39, 0.29) is 5.41 Å². The van der Waals surface area contributed by atoms with Crippen LogP contribution in [0.4, 0.5) is 0 Å². The molecule has 0 saturated heterocycles. The summed E-state index contributed by atoms with van der Waals surface area (Å²) in [5, 5.41) is 2.42. The van der Waals surface area contributed by atoms with Crippen LogP contribution in [0.3, 0.4) is 0 Å². The van der Waals surface area contributed by atoms with Crippen molar-refractivity contribution in [1.29, 1.82) is 0 Å². The molecular formula is C42H32N4. The van der Waals surface area contributed by atoms with Gasteiger partial charge in [0.05, 0.1) is 11.0 Å². The first-order chi connectivity index (χ1) is 22.6. The lowest BCUT2D eigenvalue weighted by Crippen LogP contribution is -2.14. The van der Waals surface area contributed by atoms with Crippen LogP contribution in [0.5, 0.6) is 0 Å². The van der Waals surface area contributed by atoms with Crippen molar-refractivity contribution in [2.24, 2.45) is 0 Å². The summed E-state index contributed by atoms with van der Waals surface area (Å²) >= 11 is 0. The van der Waals surface area contributed by atoms with Gasteiger partial charge in [-0.15, -0.1) is 0 Å². The van der Waals surface area contributed by atoms with Gasteiger partial charge in [-0.2, -0.15) is 9.97 Å². The number of hydrogen-bond donors (Lipinski definition) is 0. The Kier molecular flexibility index (Phi) is 5.94. The third-order valence-corrected chi connectivity index (χ3v) is 9.74. The molecule has 7 aromatic rings. The molecule has 0 N–H and O–H groups in total. The van der Waals surface area contributed by atoms with Gasteiger partial charge in [0.15, 0.2) is 11.6 Å². The first-order valence-corrected chi connectivity index (χ1v) is 16.0. The average Bonchev–Trinajstić information content (AvgIpc) is 3.56. The smallest absolute Gasteiger partial charge is 0.238 e. The average molecular weight is 593 g/mol. The lowest BCUT2D eigenvalue weighted by Gasteiger charge is -2.21. The van der Waals surface area contributed by atoms with Gasteiger partial charge in [-0.3, -0.25) is 4.57 Å². The predicted octanol–water partition coefficient (Wildman–Crippen LogP) is 10.3. The number of rotatable bonds is 4. The molecule has 0 radical (unpaired) electrons. The Balaban J connectivity index is 1.38. The van der Waals surface area contributed by atoms with Crippen LogP contribution in [-0.4, -0.2) is 19.5 Å². The fraction of sp³-hybridized carbons (Fsp3) is 0.119. The van der Waals surface area contributed by atoms with Crippen molar-refractivity contribution >= 4 is 27.4 Å².